The number of nitrogens with zero attached hydrogens (tertiary/aromatic N) is 3. The van der Waals surface area contributed by atoms with Gasteiger partial charge in [0, 0.05) is 5.56 Å². The van der Waals surface area contributed by atoms with Crippen LogP contribution in [0, 0.1) is 61.7 Å². The van der Waals surface area contributed by atoms with Crippen LogP contribution in [0.25, 0.3) is 5.57 Å². The Balaban J connectivity index is 3.92. The van der Waals surface area contributed by atoms with E-state index in [-0.39, 0.29) is 16.9 Å². The van der Waals surface area contributed by atoms with Crippen LogP contribution in [0.5, 0.6) is 5.75 Å². The van der Waals surface area contributed by atoms with Crippen molar-refractivity contribution in [1.82, 2.24) is 0 Å². The van der Waals surface area contributed by atoms with Gasteiger partial charge < -0.3 is 5.11 Å². The minimum Gasteiger partial charge on any atom is -0.507 e. The molecule has 1 aromatic carbocycles. The summed E-state index contributed by atoms with van der Waals surface area (Å²) in [6.45, 7) is 7.02. The van der Waals surface area contributed by atoms with Crippen LogP contribution in [-0.4, -0.2) is 5.11 Å². The molecule has 0 radical (unpaired) electrons. The van der Waals surface area contributed by atoms with Gasteiger partial charge in [0.25, 0.3) is 0 Å². The second-order valence-electron chi connectivity index (χ2n) is 4.31. The highest BCUT2D eigenvalue weighted by atomic mass is 16.3. The van der Waals surface area contributed by atoms with E-state index in [4.69, 9.17) is 10.5 Å². The third kappa shape index (κ3) is 2.15. The van der Waals surface area contributed by atoms with Crippen molar-refractivity contribution in [3.8, 4) is 24.0 Å². The molecule has 0 fully saturated rings. The van der Waals surface area contributed by atoms with Crippen molar-refractivity contribution in [3.05, 3.63) is 33.4 Å². The van der Waals surface area contributed by atoms with E-state index < -0.39 is 0 Å². The Morgan fingerprint density at radius 1 is 0.789 bits per heavy atom. The van der Waals surface area contributed by atoms with Gasteiger partial charge in [-0.25, -0.2) is 0 Å². The summed E-state index contributed by atoms with van der Waals surface area (Å²) in [5, 5.41) is 37.1. The number of nitriles is 3. The van der Waals surface area contributed by atoms with Crippen molar-refractivity contribution < 1.29 is 5.11 Å². The third-order valence-corrected chi connectivity index (χ3v) is 3.42. The molecule has 0 unspecified atom stereocenters. The molecule has 0 spiro atoms. The normalized spacial score (nSPS) is 9.11. The Bertz CT molecular complexity index is 662. The van der Waals surface area contributed by atoms with Crippen LogP contribution in [0.15, 0.2) is 5.57 Å². The highest BCUT2D eigenvalue weighted by Crippen LogP contribution is 2.35. The smallest absolute Gasteiger partial charge is 0.148 e. The highest BCUT2D eigenvalue weighted by molar-refractivity contribution is 5.88. The lowest BCUT2D eigenvalue weighted by molar-refractivity contribution is 0.465. The quantitative estimate of drug-likeness (QED) is 0.776. The van der Waals surface area contributed by atoms with E-state index >= 15 is 0 Å². The molecule has 4 heteroatoms. The van der Waals surface area contributed by atoms with Gasteiger partial charge in [0.15, 0.2) is 0 Å². The Morgan fingerprint density at radius 2 is 1.21 bits per heavy atom. The highest BCUT2D eigenvalue weighted by Gasteiger charge is 2.19. The largest absolute Gasteiger partial charge is 0.507 e. The zero-order chi connectivity index (χ0) is 14.7. The summed E-state index contributed by atoms with van der Waals surface area (Å²) in [6.07, 6.45) is 0. The lowest BCUT2D eigenvalue weighted by atomic mass is 9.87. The molecule has 0 aliphatic heterocycles. The van der Waals surface area contributed by atoms with Crippen LogP contribution in [0.2, 0.25) is 0 Å². The van der Waals surface area contributed by atoms with Crippen molar-refractivity contribution in [3.63, 3.8) is 0 Å². The van der Waals surface area contributed by atoms with Gasteiger partial charge in [-0.1, -0.05) is 0 Å². The van der Waals surface area contributed by atoms with E-state index in [1.54, 1.807) is 39.8 Å². The second-order valence-corrected chi connectivity index (χ2v) is 4.31. The van der Waals surface area contributed by atoms with Crippen LogP contribution in [0.3, 0.4) is 0 Å². The van der Waals surface area contributed by atoms with E-state index in [2.05, 4.69) is 0 Å². The van der Waals surface area contributed by atoms with Crippen molar-refractivity contribution >= 4 is 5.57 Å². The molecule has 4 nitrogen and oxygen atoms in total. The molecule has 0 atom stereocenters. The zero-order valence-corrected chi connectivity index (χ0v) is 11.3. The van der Waals surface area contributed by atoms with Crippen LogP contribution in [-0.2, 0) is 0 Å². The van der Waals surface area contributed by atoms with Gasteiger partial charge in [-0.15, -0.1) is 0 Å². The molecule has 0 amide bonds. The van der Waals surface area contributed by atoms with Gasteiger partial charge in [-0.2, -0.15) is 15.8 Å². The molecule has 0 bridgehead atoms. The van der Waals surface area contributed by atoms with Gasteiger partial charge in [0.2, 0.25) is 0 Å². The number of aromatic hydroxyl groups is 1. The minimum absolute atomic E-state index is 0.0613. The molecule has 0 heterocycles. The van der Waals surface area contributed by atoms with E-state index in [1.807, 2.05) is 6.07 Å². The first-order chi connectivity index (χ1) is 8.90. The minimum atomic E-state index is -0.210. The number of allylic oxidation sites excluding steroid dienone is 2. The molecule has 1 rings (SSSR count). The number of phenolic OH excluding ortho intramolecular Hbond substituents is 1. The lowest BCUT2D eigenvalue weighted by Gasteiger charge is -2.16. The number of hydrogen-bond donors (Lipinski definition) is 1. The number of rotatable bonds is 1. The number of benzene rings is 1. The van der Waals surface area contributed by atoms with Crippen LogP contribution >= 0.6 is 0 Å². The molecule has 94 valence electrons. The van der Waals surface area contributed by atoms with E-state index in [9.17, 15) is 10.4 Å². The first kappa shape index (κ1) is 14.3. The summed E-state index contributed by atoms with van der Waals surface area (Å²) in [7, 11) is 0. The van der Waals surface area contributed by atoms with Crippen molar-refractivity contribution in [2.24, 2.45) is 0 Å². The third-order valence-electron chi connectivity index (χ3n) is 3.42. The molecule has 0 saturated heterocycles. The molecule has 1 N–H and O–H groups in total. The van der Waals surface area contributed by atoms with Crippen molar-refractivity contribution in [1.29, 1.82) is 15.8 Å². The Hall–Kier alpha value is -2.77. The van der Waals surface area contributed by atoms with Crippen molar-refractivity contribution in [2.45, 2.75) is 27.7 Å². The Labute approximate surface area is 112 Å². The van der Waals surface area contributed by atoms with Crippen LogP contribution in [0.4, 0.5) is 0 Å². The first-order valence-electron chi connectivity index (χ1n) is 5.64. The fraction of sp³-hybridized carbons (Fsp3) is 0.267. The average molecular weight is 251 g/mol. The standard InChI is InChI=1S/C15H13N3O/c1-8-10(3)15(19)11(4)9(2)14(8)13(7-18)12(5-16)6-17/h19H,1-4H3. The molecular weight excluding hydrogens is 238 g/mol. The average Bonchev–Trinajstić information content (AvgIpc) is 2.42. The Kier molecular flexibility index (Phi) is 3.95. The van der Waals surface area contributed by atoms with Gasteiger partial charge in [0.05, 0.1) is 5.57 Å². The number of phenols is 1. The van der Waals surface area contributed by atoms with Gasteiger partial charge in [-0.3, -0.25) is 0 Å². The maximum absolute atomic E-state index is 9.97. The summed E-state index contributed by atoms with van der Waals surface area (Å²) >= 11 is 0. The fourth-order valence-electron chi connectivity index (χ4n) is 2.04. The fourth-order valence-corrected chi connectivity index (χ4v) is 2.04. The van der Waals surface area contributed by atoms with E-state index in [1.165, 1.54) is 0 Å². The van der Waals surface area contributed by atoms with Gasteiger partial charge >= 0.3 is 0 Å². The Morgan fingerprint density at radius 3 is 1.53 bits per heavy atom. The summed E-state index contributed by atoms with van der Waals surface area (Å²) in [4.78, 5) is 0. The molecule has 19 heavy (non-hydrogen) atoms. The molecule has 0 saturated carbocycles. The maximum atomic E-state index is 9.97. The van der Waals surface area contributed by atoms with E-state index in [0.717, 1.165) is 0 Å². The van der Waals surface area contributed by atoms with Gasteiger partial charge in [-0.05, 0) is 49.9 Å². The SMILES string of the molecule is Cc1c(C)c(C(C#N)=C(C#N)C#N)c(C)c(C)c1O. The first-order valence-corrected chi connectivity index (χ1v) is 5.64. The summed E-state index contributed by atoms with van der Waals surface area (Å²) in [6, 6.07) is 5.41. The zero-order valence-electron chi connectivity index (χ0n) is 11.3. The predicted molar refractivity (Wildman–Crippen MR) is 70.8 cm³/mol. The summed E-state index contributed by atoms with van der Waals surface area (Å²) in [5.74, 6) is 0.187. The maximum Gasteiger partial charge on any atom is 0.148 e. The molecule has 0 aliphatic rings. The molecule has 1 aromatic rings. The van der Waals surface area contributed by atoms with Crippen molar-refractivity contribution in [2.75, 3.05) is 0 Å². The number of hydrogen-bond acceptors (Lipinski definition) is 4. The predicted octanol–water partition coefficient (Wildman–Crippen LogP) is 2.95. The van der Waals surface area contributed by atoms with E-state index in [0.29, 0.717) is 27.8 Å². The van der Waals surface area contributed by atoms with Crippen LogP contribution < -0.4 is 0 Å². The van der Waals surface area contributed by atoms with Crippen LogP contribution in [0.1, 0.15) is 27.8 Å². The second kappa shape index (κ2) is 5.25. The monoisotopic (exact) mass is 251 g/mol. The molecule has 0 aromatic heterocycles. The molecule has 0 aliphatic carbocycles. The molecular formula is C15H13N3O. The lowest BCUT2D eigenvalue weighted by Crippen LogP contribution is -2.00. The summed E-state index contributed by atoms with van der Waals surface area (Å²) in [5.41, 5.74) is 3.14. The van der Waals surface area contributed by atoms with Gasteiger partial charge in [0.1, 0.15) is 29.5 Å². The topological polar surface area (TPSA) is 91.6 Å². The summed E-state index contributed by atoms with van der Waals surface area (Å²) < 4.78 is 0.